The van der Waals surface area contributed by atoms with Crippen LogP contribution in [0.4, 0.5) is 0 Å². The van der Waals surface area contributed by atoms with Gasteiger partial charge in [0.05, 0.1) is 11.4 Å². The number of hydrogen-bond acceptors (Lipinski definition) is 2. The topological polar surface area (TPSA) is 9.23 Å². The molecule has 3 rings (SSSR count). The van der Waals surface area contributed by atoms with Crippen LogP contribution >= 0.6 is 46.1 Å². The van der Waals surface area contributed by atoms with Crippen LogP contribution in [-0.4, -0.2) is 11.4 Å². The third-order valence-electron chi connectivity index (χ3n) is 3.43. The average Bonchev–Trinajstić information content (AvgIpc) is 2.74. The van der Waals surface area contributed by atoms with Gasteiger partial charge in [0, 0.05) is 16.7 Å². The summed E-state index contributed by atoms with van der Waals surface area (Å²) in [4.78, 5) is 1.14. The largest absolute Gasteiger partial charge is 0.497 e. The number of benzene rings is 1. The first-order valence-electron chi connectivity index (χ1n) is 5.81. The fourth-order valence-corrected chi connectivity index (χ4v) is 4.67. The lowest BCUT2D eigenvalue weighted by molar-refractivity contribution is 0.414. The van der Waals surface area contributed by atoms with Gasteiger partial charge in [-0.25, -0.2) is 0 Å². The first-order chi connectivity index (χ1) is 9.04. The quantitative estimate of drug-likeness (QED) is 0.677. The van der Waals surface area contributed by atoms with E-state index in [0.29, 0.717) is 0 Å². The van der Waals surface area contributed by atoms with Crippen LogP contribution < -0.4 is 4.74 Å². The number of thiophene rings is 1. The molecule has 0 N–H and O–H groups in total. The Labute approximate surface area is 131 Å². The van der Waals surface area contributed by atoms with E-state index < -0.39 is 4.33 Å². The second-order valence-corrected chi connectivity index (χ2v) is 7.74. The highest BCUT2D eigenvalue weighted by Crippen LogP contribution is 2.71. The minimum Gasteiger partial charge on any atom is -0.497 e. The fraction of sp³-hybridized carbons (Fsp3) is 0.286. The predicted molar refractivity (Wildman–Crippen MR) is 82.2 cm³/mol. The summed E-state index contributed by atoms with van der Waals surface area (Å²) < 4.78 is 5.17. The number of hydrogen-bond donors (Lipinski definition) is 0. The van der Waals surface area contributed by atoms with E-state index in [4.69, 9.17) is 39.5 Å². The van der Waals surface area contributed by atoms with Crippen LogP contribution in [-0.2, 0) is 0 Å². The average molecular weight is 334 g/mol. The number of alkyl halides is 2. The maximum Gasteiger partial charge on any atom is 0.134 e. The zero-order valence-corrected chi connectivity index (χ0v) is 13.2. The van der Waals surface area contributed by atoms with E-state index in [-0.39, 0.29) is 11.8 Å². The van der Waals surface area contributed by atoms with E-state index in [2.05, 4.69) is 0 Å². The molecule has 2 atom stereocenters. The Morgan fingerprint density at radius 1 is 1.05 bits per heavy atom. The molecule has 0 aliphatic heterocycles. The molecule has 1 aliphatic carbocycles. The Balaban J connectivity index is 1.89. The molecule has 0 spiro atoms. The van der Waals surface area contributed by atoms with Crippen LogP contribution in [0, 0.1) is 0 Å². The van der Waals surface area contributed by atoms with E-state index in [0.717, 1.165) is 20.5 Å². The van der Waals surface area contributed by atoms with Crippen LogP contribution in [0.5, 0.6) is 5.75 Å². The summed E-state index contributed by atoms with van der Waals surface area (Å²) >= 11 is 20.4. The standard InChI is InChI=1S/C14H11Cl3OS/c1-18-9-4-2-8(3-5-9)12-13(14(12,16)17)10-6-7-11(15)19-10/h2-7,12-13H,1H3. The van der Waals surface area contributed by atoms with Crippen molar-refractivity contribution < 1.29 is 4.74 Å². The van der Waals surface area contributed by atoms with E-state index in [1.807, 2.05) is 36.4 Å². The summed E-state index contributed by atoms with van der Waals surface area (Å²) in [5.41, 5.74) is 1.13. The van der Waals surface area contributed by atoms with Crippen molar-refractivity contribution in [3.05, 3.63) is 51.2 Å². The van der Waals surface area contributed by atoms with E-state index in [9.17, 15) is 0 Å². The molecule has 0 amide bonds. The third-order valence-corrected chi connectivity index (χ3v) is 5.68. The molecule has 1 nitrogen and oxygen atoms in total. The van der Waals surface area contributed by atoms with Gasteiger partial charge in [-0.3, -0.25) is 0 Å². The Morgan fingerprint density at radius 2 is 1.74 bits per heavy atom. The molecule has 2 aromatic rings. The minimum atomic E-state index is -0.747. The molecule has 0 saturated heterocycles. The van der Waals surface area contributed by atoms with Gasteiger partial charge in [-0.15, -0.1) is 34.5 Å². The molecule has 0 radical (unpaired) electrons. The SMILES string of the molecule is COc1ccc(C2C(c3ccc(Cl)s3)C2(Cl)Cl)cc1. The molecule has 5 heteroatoms. The van der Waals surface area contributed by atoms with Gasteiger partial charge in [0.15, 0.2) is 0 Å². The molecule has 0 bridgehead atoms. The lowest BCUT2D eigenvalue weighted by Gasteiger charge is -2.02. The molecule has 1 aromatic heterocycles. The van der Waals surface area contributed by atoms with Crippen molar-refractivity contribution >= 4 is 46.1 Å². The van der Waals surface area contributed by atoms with Crippen molar-refractivity contribution in [2.24, 2.45) is 0 Å². The highest BCUT2D eigenvalue weighted by atomic mass is 35.5. The van der Waals surface area contributed by atoms with Gasteiger partial charge in [0.2, 0.25) is 0 Å². The molecule has 1 fully saturated rings. The lowest BCUT2D eigenvalue weighted by atomic mass is 10.1. The lowest BCUT2D eigenvalue weighted by Crippen LogP contribution is -1.90. The van der Waals surface area contributed by atoms with Gasteiger partial charge in [-0.2, -0.15) is 0 Å². The second-order valence-electron chi connectivity index (χ2n) is 4.54. The van der Waals surface area contributed by atoms with Crippen molar-refractivity contribution in [2.75, 3.05) is 7.11 Å². The van der Waals surface area contributed by atoms with Crippen LogP contribution in [0.3, 0.4) is 0 Å². The number of methoxy groups -OCH3 is 1. The number of rotatable bonds is 3. The maximum atomic E-state index is 6.42. The maximum absolute atomic E-state index is 6.42. The monoisotopic (exact) mass is 332 g/mol. The smallest absolute Gasteiger partial charge is 0.134 e. The molecule has 1 heterocycles. The molecular formula is C14H11Cl3OS. The van der Waals surface area contributed by atoms with E-state index >= 15 is 0 Å². The first kappa shape index (κ1) is 13.6. The molecule has 1 aliphatic rings. The van der Waals surface area contributed by atoms with Gasteiger partial charge in [0.25, 0.3) is 0 Å². The highest BCUT2D eigenvalue weighted by Gasteiger charge is 2.64. The van der Waals surface area contributed by atoms with Crippen molar-refractivity contribution in [1.29, 1.82) is 0 Å². The zero-order valence-electron chi connectivity index (χ0n) is 10.1. The second kappa shape index (κ2) is 4.85. The van der Waals surface area contributed by atoms with Crippen molar-refractivity contribution in [3.8, 4) is 5.75 Å². The Morgan fingerprint density at radius 3 is 2.26 bits per heavy atom. The van der Waals surface area contributed by atoms with Gasteiger partial charge < -0.3 is 4.74 Å². The predicted octanol–water partition coefficient (Wildman–Crippen LogP) is 5.47. The molecule has 19 heavy (non-hydrogen) atoms. The first-order valence-corrected chi connectivity index (χ1v) is 7.76. The summed E-state index contributed by atoms with van der Waals surface area (Å²) in [6, 6.07) is 11.8. The van der Waals surface area contributed by atoms with Crippen molar-refractivity contribution in [2.45, 2.75) is 16.2 Å². The van der Waals surface area contributed by atoms with Crippen LogP contribution in [0.25, 0.3) is 0 Å². The van der Waals surface area contributed by atoms with Crippen LogP contribution in [0.1, 0.15) is 22.3 Å². The summed E-state index contributed by atoms with van der Waals surface area (Å²) in [5, 5.41) is 0. The van der Waals surface area contributed by atoms with Gasteiger partial charge in [0.1, 0.15) is 10.1 Å². The Bertz CT molecular complexity index is 591. The van der Waals surface area contributed by atoms with Gasteiger partial charge in [-0.05, 0) is 29.8 Å². The fourth-order valence-electron chi connectivity index (χ4n) is 2.40. The van der Waals surface area contributed by atoms with Gasteiger partial charge in [-0.1, -0.05) is 23.7 Å². The molecule has 2 unspecified atom stereocenters. The molecular weight excluding hydrogens is 323 g/mol. The van der Waals surface area contributed by atoms with Crippen molar-refractivity contribution in [1.82, 2.24) is 0 Å². The van der Waals surface area contributed by atoms with E-state index in [1.54, 1.807) is 7.11 Å². The van der Waals surface area contributed by atoms with E-state index in [1.165, 1.54) is 11.3 Å². The normalized spacial score (nSPS) is 24.2. The summed E-state index contributed by atoms with van der Waals surface area (Å²) in [5.74, 6) is 1.05. The summed E-state index contributed by atoms with van der Waals surface area (Å²) in [6.07, 6.45) is 0. The Hall–Kier alpha value is -0.410. The number of halogens is 3. The zero-order chi connectivity index (χ0) is 13.6. The molecule has 100 valence electrons. The third kappa shape index (κ3) is 2.36. The molecule has 1 aromatic carbocycles. The summed E-state index contributed by atoms with van der Waals surface area (Å²) in [6.45, 7) is 0. The van der Waals surface area contributed by atoms with Gasteiger partial charge >= 0.3 is 0 Å². The highest BCUT2D eigenvalue weighted by molar-refractivity contribution is 7.16. The van der Waals surface area contributed by atoms with Crippen LogP contribution in [0.2, 0.25) is 4.34 Å². The summed E-state index contributed by atoms with van der Waals surface area (Å²) in [7, 11) is 1.65. The molecule has 1 saturated carbocycles. The minimum absolute atomic E-state index is 0.108. The van der Waals surface area contributed by atoms with Crippen LogP contribution in [0.15, 0.2) is 36.4 Å². The Kier molecular flexibility index (Phi) is 3.46. The number of ether oxygens (including phenoxy) is 1. The van der Waals surface area contributed by atoms with Crippen molar-refractivity contribution in [3.63, 3.8) is 0 Å².